The lowest BCUT2D eigenvalue weighted by Crippen LogP contribution is -2.41. The molecule has 0 radical (unpaired) electrons. The van der Waals surface area contributed by atoms with Crippen molar-refractivity contribution < 1.29 is 14.7 Å². The molecular formula is C23H20N2O3. The number of aryl methyl sites for hydroxylation is 1. The SMILES string of the molecule is Cc1ccc(CN2C(=O)[C@@](O)(CC(=O)c3cccnc3)c3ccccc32)cc1. The largest absolute Gasteiger partial charge is 0.375 e. The Labute approximate surface area is 163 Å². The number of nitrogens with zero attached hydrogens (tertiary/aromatic N) is 2. The van der Waals surface area contributed by atoms with Gasteiger partial charge in [0.05, 0.1) is 18.7 Å². The maximum absolute atomic E-state index is 13.2. The van der Waals surface area contributed by atoms with Crippen molar-refractivity contribution >= 4 is 17.4 Å². The van der Waals surface area contributed by atoms with Gasteiger partial charge in [-0.1, -0.05) is 48.0 Å². The number of benzene rings is 2. The lowest BCUT2D eigenvalue weighted by Gasteiger charge is -2.23. The minimum absolute atomic E-state index is 0.320. The van der Waals surface area contributed by atoms with Gasteiger partial charge in [0.1, 0.15) is 0 Å². The summed E-state index contributed by atoms with van der Waals surface area (Å²) in [5.74, 6) is -0.803. The summed E-state index contributed by atoms with van der Waals surface area (Å²) in [7, 11) is 0. The average Bonchev–Trinajstić information content (AvgIpc) is 2.92. The molecule has 0 saturated heterocycles. The molecule has 0 bridgehead atoms. The van der Waals surface area contributed by atoms with Gasteiger partial charge in [0.15, 0.2) is 11.4 Å². The maximum Gasteiger partial charge on any atom is 0.264 e. The van der Waals surface area contributed by atoms with Gasteiger partial charge in [0.2, 0.25) is 0 Å². The Morgan fingerprint density at radius 2 is 1.82 bits per heavy atom. The van der Waals surface area contributed by atoms with E-state index < -0.39 is 11.5 Å². The summed E-state index contributed by atoms with van der Waals surface area (Å²) in [6, 6.07) is 18.3. The number of aliphatic hydroxyl groups is 1. The Morgan fingerprint density at radius 1 is 1.07 bits per heavy atom. The predicted molar refractivity (Wildman–Crippen MR) is 106 cm³/mol. The van der Waals surface area contributed by atoms with Crippen LogP contribution in [0.15, 0.2) is 73.1 Å². The molecule has 1 N–H and O–H groups in total. The first-order chi connectivity index (χ1) is 13.5. The van der Waals surface area contributed by atoms with Crippen molar-refractivity contribution in [1.29, 1.82) is 0 Å². The summed E-state index contributed by atoms with van der Waals surface area (Å²) in [5, 5.41) is 11.3. The zero-order chi connectivity index (χ0) is 19.7. The van der Waals surface area contributed by atoms with Gasteiger partial charge in [-0.3, -0.25) is 14.6 Å². The Balaban J connectivity index is 1.68. The molecule has 2 aromatic carbocycles. The number of anilines is 1. The van der Waals surface area contributed by atoms with Crippen molar-refractivity contribution in [1.82, 2.24) is 4.98 Å². The number of hydrogen-bond acceptors (Lipinski definition) is 4. The second kappa shape index (κ2) is 7.02. The molecular weight excluding hydrogens is 352 g/mol. The van der Waals surface area contributed by atoms with Crippen molar-refractivity contribution in [2.24, 2.45) is 0 Å². The molecule has 1 amide bonds. The highest BCUT2D eigenvalue weighted by molar-refractivity contribution is 6.10. The van der Waals surface area contributed by atoms with Crippen molar-refractivity contribution in [2.45, 2.75) is 25.5 Å². The number of fused-ring (bicyclic) bond motifs is 1. The van der Waals surface area contributed by atoms with Gasteiger partial charge in [-0.15, -0.1) is 0 Å². The fourth-order valence-corrected chi connectivity index (χ4v) is 3.57. The zero-order valence-corrected chi connectivity index (χ0v) is 15.5. The molecule has 28 heavy (non-hydrogen) atoms. The van der Waals surface area contributed by atoms with Crippen LogP contribution in [0.4, 0.5) is 5.69 Å². The molecule has 1 atom stereocenters. The van der Waals surface area contributed by atoms with Crippen LogP contribution in [0.5, 0.6) is 0 Å². The average molecular weight is 372 g/mol. The van der Waals surface area contributed by atoms with Crippen molar-refractivity contribution in [2.75, 3.05) is 4.90 Å². The van der Waals surface area contributed by atoms with Crippen molar-refractivity contribution in [3.05, 3.63) is 95.3 Å². The number of para-hydroxylation sites is 1. The fourth-order valence-electron chi connectivity index (χ4n) is 3.57. The zero-order valence-electron chi connectivity index (χ0n) is 15.5. The normalized spacial score (nSPS) is 18.2. The van der Waals surface area contributed by atoms with Crippen LogP contribution in [0.25, 0.3) is 0 Å². The molecule has 5 heteroatoms. The standard InChI is InChI=1S/C23H20N2O3/c1-16-8-10-17(11-9-16)15-25-20-7-3-2-6-19(20)23(28,22(25)27)13-21(26)18-5-4-12-24-14-18/h2-12,14,28H,13,15H2,1H3/t23-/m1/s1. The van der Waals surface area contributed by atoms with Gasteiger partial charge < -0.3 is 10.0 Å². The molecule has 4 rings (SSSR count). The highest BCUT2D eigenvalue weighted by Gasteiger charge is 2.50. The van der Waals surface area contributed by atoms with Crippen LogP contribution in [0, 0.1) is 6.92 Å². The van der Waals surface area contributed by atoms with Crippen LogP contribution in [0.2, 0.25) is 0 Å². The topological polar surface area (TPSA) is 70.5 Å². The monoisotopic (exact) mass is 372 g/mol. The predicted octanol–water partition coefficient (Wildman–Crippen LogP) is 3.40. The van der Waals surface area contributed by atoms with E-state index in [2.05, 4.69) is 4.98 Å². The molecule has 5 nitrogen and oxygen atoms in total. The number of amides is 1. The highest BCUT2D eigenvalue weighted by atomic mass is 16.3. The first-order valence-corrected chi connectivity index (χ1v) is 9.12. The molecule has 1 aliphatic rings. The van der Waals surface area contributed by atoms with E-state index in [4.69, 9.17) is 0 Å². The summed E-state index contributed by atoms with van der Waals surface area (Å²) < 4.78 is 0. The molecule has 0 spiro atoms. The number of aromatic nitrogens is 1. The lowest BCUT2D eigenvalue weighted by atomic mass is 9.88. The van der Waals surface area contributed by atoms with E-state index in [1.54, 1.807) is 41.4 Å². The van der Waals surface area contributed by atoms with E-state index in [0.717, 1.165) is 11.1 Å². The summed E-state index contributed by atoms with van der Waals surface area (Å²) in [6.07, 6.45) is 2.70. The Hall–Kier alpha value is -3.31. The van der Waals surface area contributed by atoms with Gasteiger partial charge in [-0.05, 0) is 30.7 Å². The third-order valence-electron chi connectivity index (χ3n) is 5.10. The van der Waals surface area contributed by atoms with Gasteiger partial charge in [0.25, 0.3) is 5.91 Å². The van der Waals surface area contributed by atoms with E-state index >= 15 is 0 Å². The van der Waals surface area contributed by atoms with E-state index in [1.165, 1.54) is 6.20 Å². The number of carbonyl (C=O) groups excluding carboxylic acids is 2. The summed E-state index contributed by atoms with van der Waals surface area (Å²) in [4.78, 5) is 31.4. The Bertz CT molecular complexity index is 1030. The summed E-state index contributed by atoms with van der Waals surface area (Å²) in [5.41, 5.74) is 1.68. The van der Waals surface area contributed by atoms with E-state index in [1.807, 2.05) is 37.3 Å². The van der Waals surface area contributed by atoms with Gasteiger partial charge in [-0.25, -0.2) is 0 Å². The number of rotatable bonds is 5. The smallest absolute Gasteiger partial charge is 0.264 e. The Morgan fingerprint density at radius 3 is 2.54 bits per heavy atom. The minimum atomic E-state index is -1.88. The number of carbonyl (C=O) groups is 2. The maximum atomic E-state index is 13.2. The third kappa shape index (κ3) is 3.10. The molecule has 0 fully saturated rings. The number of pyridine rings is 1. The second-order valence-electron chi connectivity index (χ2n) is 7.10. The fraction of sp³-hybridized carbons (Fsp3) is 0.174. The summed E-state index contributed by atoms with van der Waals surface area (Å²) in [6.45, 7) is 2.34. The minimum Gasteiger partial charge on any atom is -0.375 e. The van der Waals surface area contributed by atoms with Gasteiger partial charge >= 0.3 is 0 Å². The van der Waals surface area contributed by atoms with Crippen LogP contribution < -0.4 is 4.90 Å². The molecule has 1 aromatic heterocycles. The summed E-state index contributed by atoms with van der Waals surface area (Å²) >= 11 is 0. The van der Waals surface area contributed by atoms with Crippen LogP contribution in [-0.2, 0) is 16.9 Å². The number of Topliss-reactive ketones (excluding diaryl/α,β-unsaturated/α-hetero) is 1. The molecule has 0 unspecified atom stereocenters. The second-order valence-corrected chi connectivity index (χ2v) is 7.10. The molecule has 2 heterocycles. The Kier molecular flexibility index (Phi) is 4.53. The van der Waals surface area contributed by atoms with Crippen molar-refractivity contribution in [3.8, 4) is 0 Å². The van der Waals surface area contributed by atoms with Gasteiger partial charge in [0, 0.05) is 23.5 Å². The number of ketones is 1. The van der Waals surface area contributed by atoms with E-state index in [9.17, 15) is 14.7 Å². The quantitative estimate of drug-likeness (QED) is 0.697. The molecule has 0 aliphatic carbocycles. The van der Waals surface area contributed by atoms with E-state index in [0.29, 0.717) is 23.4 Å². The molecule has 140 valence electrons. The van der Waals surface area contributed by atoms with Crippen LogP contribution in [0.3, 0.4) is 0 Å². The van der Waals surface area contributed by atoms with Gasteiger partial charge in [-0.2, -0.15) is 0 Å². The molecule has 3 aromatic rings. The van der Waals surface area contributed by atoms with Crippen LogP contribution in [0.1, 0.15) is 33.5 Å². The highest BCUT2D eigenvalue weighted by Crippen LogP contribution is 2.43. The molecule has 0 saturated carbocycles. The van der Waals surface area contributed by atoms with Crippen molar-refractivity contribution in [3.63, 3.8) is 0 Å². The molecule has 1 aliphatic heterocycles. The first-order valence-electron chi connectivity index (χ1n) is 9.12. The lowest BCUT2D eigenvalue weighted by molar-refractivity contribution is -0.136. The number of hydrogen-bond donors (Lipinski definition) is 1. The first kappa shape index (κ1) is 18.1. The third-order valence-corrected chi connectivity index (χ3v) is 5.10. The van der Waals surface area contributed by atoms with Crippen LogP contribution in [-0.4, -0.2) is 21.8 Å². The van der Waals surface area contributed by atoms with E-state index in [-0.39, 0.29) is 12.2 Å². The van der Waals surface area contributed by atoms with Crippen LogP contribution >= 0.6 is 0 Å².